The van der Waals surface area contributed by atoms with Crippen molar-refractivity contribution in [3.05, 3.63) is 33.9 Å². The van der Waals surface area contributed by atoms with Crippen LogP contribution in [0, 0.1) is 11.8 Å². The highest BCUT2D eigenvalue weighted by Gasteiger charge is 2.38. The summed E-state index contributed by atoms with van der Waals surface area (Å²) in [7, 11) is 0. The van der Waals surface area contributed by atoms with Gasteiger partial charge in [0.15, 0.2) is 0 Å². The van der Waals surface area contributed by atoms with Crippen LogP contribution in [0.3, 0.4) is 0 Å². The molecule has 1 atom stereocenters. The number of halogens is 4. The Labute approximate surface area is 108 Å². The van der Waals surface area contributed by atoms with E-state index in [0.717, 1.165) is 4.48 Å². The Morgan fingerprint density at radius 3 is 2.35 bits per heavy atom. The first-order valence-corrected chi connectivity index (χ1v) is 6.27. The summed E-state index contributed by atoms with van der Waals surface area (Å²) in [6, 6.07) is 0. The standard InChI is InChI=1S/C13H16BrF3/c1-7(2)10-5-9(13(15,16)17)6-11(8(3)4)12(10)14/h5,8,11H,1,6H2,2-4H3. The first-order valence-electron chi connectivity index (χ1n) is 5.48. The highest BCUT2D eigenvalue weighted by Crippen LogP contribution is 2.44. The zero-order valence-electron chi connectivity index (χ0n) is 10.2. The van der Waals surface area contributed by atoms with Crippen molar-refractivity contribution in [2.45, 2.75) is 33.4 Å². The Balaban J connectivity index is 3.25. The zero-order valence-corrected chi connectivity index (χ0v) is 11.7. The molecule has 0 bridgehead atoms. The van der Waals surface area contributed by atoms with Crippen LogP contribution in [-0.2, 0) is 0 Å². The predicted octanol–water partition coefficient (Wildman–Crippen LogP) is 5.38. The maximum absolute atomic E-state index is 12.8. The van der Waals surface area contributed by atoms with Crippen molar-refractivity contribution in [3.8, 4) is 0 Å². The van der Waals surface area contributed by atoms with Gasteiger partial charge in [-0.3, -0.25) is 0 Å². The third-order valence-corrected chi connectivity index (χ3v) is 3.99. The Hall–Kier alpha value is -0.510. The molecule has 1 aliphatic rings. The molecule has 0 radical (unpaired) electrons. The lowest BCUT2D eigenvalue weighted by Crippen LogP contribution is -2.22. The van der Waals surface area contributed by atoms with Crippen LogP contribution in [0.25, 0.3) is 0 Å². The summed E-state index contributed by atoms with van der Waals surface area (Å²) in [6.45, 7) is 9.33. The van der Waals surface area contributed by atoms with Crippen LogP contribution in [0.1, 0.15) is 27.2 Å². The van der Waals surface area contributed by atoms with E-state index in [1.165, 1.54) is 6.08 Å². The fraction of sp³-hybridized carbons (Fsp3) is 0.538. The zero-order chi connectivity index (χ0) is 13.4. The van der Waals surface area contributed by atoms with Gasteiger partial charge in [-0.25, -0.2) is 0 Å². The van der Waals surface area contributed by atoms with Gasteiger partial charge in [-0.15, -0.1) is 0 Å². The number of allylic oxidation sites excluding steroid dienone is 5. The monoisotopic (exact) mass is 308 g/mol. The highest BCUT2D eigenvalue weighted by atomic mass is 79.9. The first-order chi connectivity index (χ1) is 7.64. The number of hydrogen-bond donors (Lipinski definition) is 0. The van der Waals surface area contributed by atoms with Gasteiger partial charge in [0, 0.05) is 10.1 Å². The quantitative estimate of drug-likeness (QED) is 0.643. The van der Waals surface area contributed by atoms with Crippen LogP contribution >= 0.6 is 15.9 Å². The maximum Gasteiger partial charge on any atom is 0.412 e. The average Bonchev–Trinajstić information content (AvgIpc) is 2.14. The maximum atomic E-state index is 12.8. The van der Waals surface area contributed by atoms with Gasteiger partial charge in [0.25, 0.3) is 0 Å². The van der Waals surface area contributed by atoms with E-state index in [4.69, 9.17) is 0 Å². The molecule has 0 N–H and O–H groups in total. The molecular weight excluding hydrogens is 293 g/mol. The van der Waals surface area contributed by atoms with Crippen molar-refractivity contribution >= 4 is 15.9 Å². The van der Waals surface area contributed by atoms with Gasteiger partial charge in [-0.05, 0) is 36.8 Å². The van der Waals surface area contributed by atoms with Crippen LogP contribution in [-0.4, -0.2) is 6.18 Å². The normalized spacial score (nSPS) is 21.9. The summed E-state index contributed by atoms with van der Waals surface area (Å²) in [5, 5.41) is 0. The molecule has 1 rings (SSSR count). The molecule has 0 spiro atoms. The molecule has 0 aromatic rings. The van der Waals surface area contributed by atoms with Crippen molar-refractivity contribution in [1.29, 1.82) is 0 Å². The lowest BCUT2D eigenvalue weighted by molar-refractivity contribution is -0.0955. The smallest absolute Gasteiger partial charge is 0.166 e. The van der Waals surface area contributed by atoms with E-state index < -0.39 is 11.7 Å². The van der Waals surface area contributed by atoms with E-state index in [-0.39, 0.29) is 18.3 Å². The largest absolute Gasteiger partial charge is 0.412 e. The van der Waals surface area contributed by atoms with Crippen molar-refractivity contribution in [1.82, 2.24) is 0 Å². The number of hydrogen-bond acceptors (Lipinski definition) is 0. The molecule has 0 nitrogen and oxygen atoms in total. The molecule has 96 valence electrons. The molecule has 0 aromatic heterocycles. The van der Waals surface area contributed by atoms with Crippen molar-refractivity contribution < 1.29 is 13.2 Å². The summed E-state index contributed by atoms with van der Waals surface area (Å²) < 4.78 is 39.3. The summed E-state index contributed by atoms with van der Waals surface area (Å²) in [4.78, 5) is 0. The van der Waals surface area contributed by atoms with Gasteiger partial charge in [0.05, 0.1) is 0 Å². The molecule has 0 amide bonds. The average molecular weight is 309 g/mol. The van der Waals surface area contributed by atoms with Crippen LogP contribution in [0.4, 0.5) is 13.2 Å². The Morgan fingerprint density at radius 2 is 2.00 bits per heavy atom. The minimum absolute atomic E-state index is 0.0402. The molecule has 4 heteroatoms. The first kappa shape index (κ1) is 14.6. The Morgan fingerprint density at radius 1 is 1.47 bits per heavy atom. The van der Waals surface area contributed by atoms with E-state index in [1.807, 2.05) is 13.8 Å². The lowest BCUT2D eigenvalue weighted by atomic mass is 9.81. The third-order valence-electron chi connectivity index (χ3n) is 2.97. The fourth-order valence-electron chi connectivity index (χ4n) is 1.88. The SMILES string of the molecule is C=C(C)C1=C(Br)C(C(C)C)CC(C(F)(F)F)=C1. The summed E-state index contributed by atoms with van der Waals surface area (Å²) >= 11 is 3.42. The van der Waals surface area contributed by atoms with Crippen molar-refractivity contribution in [2.75, 3.05) is 0 Å². The van der Waals surface area contributed by atoms with Gasteiger partial charge in [-0.2, -0.15) is 13.2 Å². The van der Waals surface area contributed by atoms with E-state index in [9.17, 15) is 13.2 Å². The summed E-state index contributed by atoms with van der Waals surface area (Å²) in [6.07, 6.45) is -2.99. The molecule has 0 aliphatic heterocycles. The molecule has 0 saturated heterocycles. The summed E-state index contributed by atoms with van der Waals surface area (Å²) in [5.41, 5.74) is 0.781. The van der Waals surface area contributed by atoms with Crippen molar-refractivity contribution in [2.24, 2.45) is 11.8 Å². The second-order valence-corrected chi connectivity index (χ2v) is 5.62. The van der Waals surface area contributed by atoms with Gasteiger partial charge < -0.3 is 0 Å². The number of alkyl halides is 3. The molecule has 1 unspecified atom stereocenters. The van der Waals surface area contributed by atoms with E-state index >= 15 is 0 Å². The second kappa shape index (κ2) is 5.01. The van der Waals surface area contributed by atoms with Crippen molar-refractivity contribution in [3.63, 3.8) is 0 Å². The molecule has 0 saturated carbocycles. The third kappa shape index (κ3) is 3.24. The molecule has 17 heavy (non-hydrogen) atoms. The lowest BCUT2D eigenvalue weighted by Gasteiger charge is -2.29. The molecule has 1 aliphatic carbocycles. The Bertz CT molecular complexity index is 386. The van der Waals surface area contributed by atoms with Gasteiger partial charge in [0.1, 0.15) is 0 Å². The van der Waals surface area contributed by atoms with Gasteiger partial charge in [-0.1, -0.05) is 41.9 Å². The highest BCUT2D eigenvalue weighted by molar-refractivity contribution is 9.11. The van der Waals surface area contributed by atoms with Gasteiger partial charge in [0.2, 0.25) is 0 Å². The number of rotatable bonds is 2. The fourth-order valence-corrected chi connectivity index (χ4v) is 3.02. The predicted molar refractivity (Wildman–Crippen MR) is 67.9 cm³/mol. The Kier molecular flexibility index (Phi) is 4.28. The molecule has 0 fully saturated rings. The van der Waals surface area contributed by atoms with Crippen LogP contribution in [0.2, 0.25) is 0 Å². The van der Waals surface area contributed by atoms with Gasteiger partial charge >= 0.3 is 6.18 Å². The van der Waals surface area contributed by atoms with E-state index in [0.29, 0.717) is 11.1 Å². The molecule has 0 aromatic carbocycles. The second-order valence-electron chi connectivity index (χ2n) is 4.76. The van der Waals surface area contributed by atoms with Crippen LogP contribution in [0.5, 0.6) is 0 Å². The molecular formula is C13H16BrF3. The topological polar surface area (TPSA) is 0 Å². The van der Waals surface area contributed by atoms with E-state index in [2.05, 4.69) is 22.5 Å². The minimum Gasteiger partial charge on any atom is -0.166 e. The van der Waals surface area contributed by atoms with Crippen LogP contribution < -0.4 is 0 Å². The van der Waals surface area contributed by atoms with E-state index in [1.54, 1.807) is 6.92 Å². The minimum atomic E-state index is -4.25. The molecule has 0 heterocycles. The van der Waals surface area contributed by atoms with Crippen LogP contribution in [0.15, 0.2) is 33.9 Å². The summed E-state index contributed by atoms with van der Waals surface area (Å²) in [5.74, 6) is 0.0353.